The van der Waals surface area contributed by atoms with Crippen LogP contribution in [0.25, 0.3) is 11.3 Å². The Hall–Kier alpha value is -3.54. The highest BCUT2D eigenvalue weighted by molar-refractivity contribution is 5.95. The quantitative estimate of drug-likeness (QED) is 0.543. The van der Waals surface area contributed by atoms with Crippen LogP contribution in [-0.4, -0.2) is 43.2 Å². The molecule has 0 aliphatic carbocycles. The van der Waals surface area contributed by atoms with Gasteiger partial charge >= 0.3 is 0 Å². The van der Waals surface area contributed by atoms with Crippen molar-refractivity contribution < 1.29 is 19.0 Å². The number of carbonyl (C=O) groups is 1. The van der Waals surface area contributed by atoms with Gasteiger partial charge in [-0.05, 0) is 54.7 Å². The number of methoxy groups -OCH3 is 2. The van der Waals surface area contributed by atoms with Crippen LogP contribution >= 0.6 is 0 Å². The van der Waals surface area contributed by atoms with Gasteiger partial charge in [0.2, 0.25) is 5.75 Å². The van der Waals surface area contributed by atoms with Crippen molar-refractivity contribution in [1.82, 2.24) is 9.88 Å². The third-order valence-electron chi connectivity index (χ3n) is 5.91. The first kappa shape index (κ1) is 22.6. The zero-order valence-corrected chi connectivity index (χ0v) is 19.5. The zero-order valence-electron chi connectivity index (χ0n) is 19.5. The van der Waals surface area contributed by atoms with Crippen molar-refractivity contribution in [3.05, 3.63) is 71.4 Å². The summed E-state index contributed by atoms with van der Waals surface area (Å²) in [6, 6.07) is 15.8. The standard InChI is InChI=1S/C27H30N2O4/c1-4-19-7-9-21(10-8-19)23-17-22(11-12-28-23)27(30)29-13-5-6-14-33-25-16-20(18-29)15-24(31-2)26(25)32-3/h7-12,15-17H,4-6,13-14,18H2,1-3H3. The summed E-state index contributed by atoms with van der Waals surface area (Å²) in [7, 11) is 3.20. The molecule has 2 bridgehead atoms. The number of amides is 1. The van der Waals surface area contributed by atoms with Crippen molar-refractivity contribution in [3.63, 3.8) is 0 Å². The molecule has 0 unspecified atom stereocenters. The van der Waals surface area contributed by atoms with Gasteiger partial charge in [0, 0.05) is 30.4 Å². The van der Waals surface area contributed by atoms with Gasteiger partial charge in [-0.1, -0.05) is 31.2 Å². The van der Waals surface area contributed by atoms with Crippen LogP contribution in [0.4, 0.5) is 0 Å². The Kier molecular flexibility index (Phi) is 7.13. The zero-order chi connectivity index (χ0) is 23.2. The Balaban J connectivity index is 1.62. The van der Waals surface area contributed by atoms with E-state index in [1.165, 1.54) is 5.56 Å². The lowest BCUT2D eigenvalue weighted by molar-refractivity contribution is 0.0735. The summed E-state index contributed by atoms with van der Waals surface area (Å²) >= 11 is 0. The third-order valence-corrected chi connectivity index (χ3v) is 5.91. The number of carbonyl (C=O) groups excluding carboxylic acids is 1. The maximum absolute atomic E-state index is 13.5. The second-order valence-corrected chi connectivity index (χ2v) is 8.09. The summed E-state index contributed by atoms with van der Waals surface area (Å²) in [6.45, 7) is 3.79. The molecule has 0 saturated carbocycles. The van der Waals surface area contributed by atoms with Crippen LogP contribution < -0.4 is 14.2 Å². The summed E-state index contributed by atoms with van der Waals surface area (Å²) in [6.07, 6.45) is 4.39. The molecule has 4 rings (SSSR count). The molecule has 3 aromatic rings. The number of hydrogen-bond donors (Lipinski definition) is 0. The molecule has 33 heavy (non-hydrogen) atoms. The van der Waals surface area contributed by atoms with Crippen LogP contribution in [0.1, 0.15) is 41.3 Å². The summed E-state index contributed by atoms with van der Waals surface area (Å²) < 4.78 is 16.9. The van der Waals surface area contributed by atoms with Crippen LogP contribution in [0.5, 0.6) is 17.2 Å². The minimum absolute atomic E-state index is 0.0124. The molecule has 0 atom stereocenters. The molecule has 0 fully saturated rings. The molecule has 2 heterocycles. The SMILES string of the molecule is CCc1ccc(-c2cc(C(=O)N3CCCCOc4cc(cc(OC)c4OC)C3)ccn2)cc1. The molecule has 1 aliphatic rings. The summed E-state index contributed by atoms with van der Waals surface area (Å²) in [5.41, 5.74) is 4.64. The van der Waals surface area contributed by atoms with E-state index in [0.717, 1.165) is 36.1 Å². The molecule has 0 radical (unpaired) electrons. The molecule has 1 aromatic heterocycles. The molecular weight excluding hydrogens is 416 g/mol. The van der Waals surface area contributed by atoms with Gasteiger partial charge in [0.05, 0.1) is 26.5 Å². The van der Waals surface area contributed by atoms with Crippen LogP contribution in [0.2, 0.25) is 0 Å². The maximum atomic E-state index is 13.5. The lowest BCUT2D eigenvalue weighted by Crippen LogP contribution is -2.32. The van der Waals surface area contributed by atoms with E-state index in [1.54, 1.807) is 26.5 Å². The number of ether oxygens (including phenoxy) is 3. The molecule has 0 saturated heterocycles. The minimum atomic E-state index is -0.0124. The smallest absolute Gasteiger partial charge is 0.254 e. The summed E-state index contributed by atoms with van der Waals surface area (Å²) in [5.74, 6) is 1.80. The van der Waals surface area contributed by atoms with Crippen molar-refractivity contribution in [2.45, 2.75) is 32.7 Å². The Morgan fingerprint density at radius 3 is 2.61 bits per heavy atom. The van der Waals surface area contributed by atoms with E-state index in [4.69, 9.17) is 14.2 Å². The van der Waals surface area contributed by atoms with Gasteiger partial charge in [-0.15, -0.1) is 0 Å². The number of nitrogens with zero attached hydrogens (tertiary/aromatic N) is 2. The van der Waals surface area contributed by atoms with E-state index >= 15 is 0 Å². The van der Waals surface area contributed by atoms with Crippen molar-refractivity contribution >= 4 is 5.91 Å². The predicted molar refractivity (Wildman–Crippen MR) is 128 cm³/mol. The second-order valence-electron chi connectivity index (χ2n) is 8.09. The molecule has 0 N–H and O–H groups in total. The lowest BCUT2D eigenvalue weighted by Gasteiger charge is -2.25. The number of aromatic nitrogens is 1. The Morgan fingerprint density at radius 1 is 1.06 bits per heavy atom. The number of pyridine rings is 1. The van der Waals surface area contributed by atoms with E-state index in [9.17, 15) is 4.79 Å². The summed E-state index contributed by atoms with van der Waals surface area (Å²) in [4.78, 5) is 19.9. The van der Waals surface area contributed by atoms with E-state index in [2.05, 4.69) is 36.2 Å². The highest BCUT2D eigenvalue weighted by atomic mass is 16.5. The molecule has 6 heteroatoms. The highest BCUT2D eigenvalue weighted by Gasteiger charge is 2.21. The van der Waals surface area contributed by atoms with Gasteiger partial charge in [-0.2, -0.15) is 0 Å². The highest BCUT2D eigenvalue weighted by Crippen LogP contribution is 2.39. The van der Waals surface area contributed by atoms with Gasteiger partial charge in [-0.25, -0.2) is 0 Å². The first-order chi connectivity index (χ1) is 16.1. The van der Waals surface area contributed by atoms with Crippen LogP contribution in [-0.2, 0) is 13.0 Å². The van der Waals surface area contributed by atoms with Gasteiger partial charge in [0.15, 0.2) is 11.5 Å². The molecule has 0 spiro atoms. The second kappa shape index (κ2) is 10.4. The fourth-order valence-corrected chi connectivity index (χ4v) is 4.06. The van der Waals surface area contributed by atoms with Crippen LogP contribution in [0, 0.1) is 0 Å². The van der Waals surface area contributed by atoms with E-state index in [0.29, 0.717) is 42.5 Å². The first-order valence-corrected chi connectivity index (χ1v) is 11.3. The first-order valence-electron chi connectivity index (χ1n) is 11.3. The van der Waals surface area contributed by atoms with E-state index in [1.807, 2.05) is 23.1 Å². The fraction of sp³-hybridized carbons (Fsp3) is 0.333. The van der Waals surface area contributed by atoms with Crippen LogP contribution in [0.15, 0.2) is 54.7 Å². The molecule has 1 amide bonds. The fourth-order valence-electron chi connectivity index (χ4n) is 4.06. The van der Waals surface area contributed by atoms with Gasteiger partial charge in [0.25, 0.3) is 5.91 Å². The Bertz CT molecular complexity index is 1110. The van der Waals surface area contributed by atoms with Gasteiger partial charge in [0.1, 0.15) is 0 Å². The molecule has 172 valence electrons. The van der Waals surface area contributed by atoms with Gasteiger partial charge < -0.3 is 19.1 Å². The van der Waals surface area contributed by atoms with E-state index < -0.39 is 0 Å². The normalized spacial score (nSPS) is 13.7. The van der Waals surface area contributed by atoms with E-state index in [-0.39, 0.29) is 5.91 Å². The molecule has 2 aromatic carbocycles. The number of aryl methyl sites for hydroxylation is 1. The topological polar surface area (TPSA) is 60.9 Å². The van der Waals surface area contributed by atoms with Crippen molar-refractivity contribution in [2.75, 3.05) is 27.4 Å². The largest absolute Gasteiger partial charge is 0.493 e. The number of benzene rings is 2. The van der Waals surface area contributed by atoms with Crippen molar-refractivity contribution in [2.24, 2.45) is 0 Å². The number of hydrogen-bond acceptors (Lipinski definition) is 5. The number of fused-ring (bicyclic) bond motifs is 2. The lowest BCUT2D eigenvalue weighted by atomic mass is 10.0. The predicted octanol–water partition coefficient (Wildman–Crippen LogP) is 5.14. The molecule has 6 nitrogen and oxygen atoms in total. The molecular formula is C27H30N2O4. The summed E-state index contributed by atoms with van der Waals surface area (Å²) in [5, 5.41) is 0. The van der Waals surface area contributed by atoms with Crippen molar-refractivity contribution in [3.8, 4) is 28.5 Å². The Labute approximate surface area is 195 Å². The minimum Gasteiger partial charge on any atom is -0.493 e. The number of rotatable bonds is 5. The monoisotopic (exact) mass is 446 g/mol. The average molecular weight is 447 g/mol. The third kappa shape index (κ3) is 5.11. The average Bonchev–Trinajstić information content (AvgIpc) is 2.87. The molecule has 1 aliphatic heterocycles. The Morgan fingerprint density at radius 2 is 1.88 bits per heavy atom. The van der Waals surface area contributed by atoms with Gasteiger partial charge in [-0.3, -0.25) is 9.78 Å². The van der Waals surface area contributed by atoms with Crippen LogP contribution in [0.3, 0.4) is 0 Å². The maximum Gasteiger partial charge on any atom is 0.254 e. The van der Waals surface area contributed by atoms with Crippen molar-refractivity contribution in [1.29, 1.82) is 0 Å².